The minimum Gasteiger partial charge on any atom is -0.386 e. The van der Waals surface area contributed by atoms with E-state index in [2.05, 4.69) is 59.8 Å². The van der Waals surface area contributed by atoms with Crippen molar-refractivity contribution in [3.63, 3.8) is 0 Å². The van der Waals surface area contributed by atoms with Gasteiger partial charge < -0.3 is 20.0 Å². The molecule has 0 radical (unpaired) electrons. The highest BCUT2D eigenvalue weighted by Crippen LogP contribution is 2.30. The van der Waals surface area contributed by atoms with E-state index in [4.69, 9.17) is 10.1 Å². The number of rotatable bonds is 10. The SMILES string of the molecule is C=C(CN(C)C(=O)C1CCN(c2nn3cc(-c4ccc(C(C)C)cc4)nc3s2)CC1)NCCN(C)C. The van der Waals surface area contributed by atoms with E-state index in [-0.39, 0.29) is 11.8 Å². The van der Waals surface area contributed by atoms with Crippen LogP contribution in [0.15, 0.2) is 42.7 Å². The van der Waals surface area contributed by atoms with Crippen LogP contribution in [0.4, 0.5) is 5.13 Å². The number of likely N-dealkylation sites (N-methyl/N-ethyl adjacent to an activating group) is 2. The molecule has 9 heteroatoms. The van der Waals surface area contributed by atoms with Gasteiger partial charge in [0.1, 0.15) is 0 Å². The van der Waals surface area contributed by atoms with Crippen molar-refractivity contribution < 1.29 is 4.79 Å². The lowest BCUT2D eigenvalue weighted by atomic mass is 9.95. The molecule has 36 heavy (non-hydrogen) atoms. The first-order chi connectivity index (χ1) is 17.2. The number of piperidine rings is 1. The molecule has 1 amide bonds. The third-order valence-corrected chi connectivity index (χ3v) is 7.74. The smallest absolute Gasteiger partial charge is 0.225 e. The predicted octanol–water partition coefficient (Wildman–Crippen LogP) is 3.92. The van der Waals surface area contributed by atoms with Crippen molar-refractivity contribution in [2.45, 2.75) is 32.6 Å². The molecule has 0 atom stereocenters. The van der Waals surface area contributed by atoms with Crippen molar-refractivity contribution in [2.24, 2.45) is 5.92 Å². The van der Waals surface area contributed by atoms with Gasteiger partial charge in [0, 0.05) is 50.4 Å². The number of amides is 1. The Kier molecular flexibility index (Phi) is 8.31. The van der Waals surface area contributed by atoms with Gasteiger partial charge in [-0.15, -0.1) is 5.10 Å². The number of benzene rings is 1. The highest BCUT2D eigenvalue weighted by molar-refractivity contribution is 7.20. The van der Waals surface area contributed by atoms with Crippen molar-refractivity contribution in [2.75, 3.05) is 58.8 Å². The largest absolute Gasteiger partial charge is 0.386 e. The summed E-state index contributed by atoms with van der Waals surface area (Å²) < 4.78 is 1.88. The van der Waals surface area contributed by atoms with E-state index in [0.717, 1.165) is 66.1 Å². The topological polar surface area (TPSA) is 69.0 Å². The quantitative estimate of drug-likeness (QED) is 0.447. The second-order valence-electron chi connectivity index (χ2n) is 10.3. The van der Waals surface area contributed by atoms with E-state index in [0.29, 0.717) is 12.5 Å². The van der Waals surface area contributed by atoms with Gasteiger partial charge in [0.2, 0.25) is 16.0 Å². The van der Waals surface area contributed by atoms with Gasteiger partial charge in [0.05, 0.1) is 18.4 Å². The van der Waals surface area contributed by atoms with E-state index < -0.39 is 0 Å². The van der Waals surface area contributed by atoms with Crippen molar-refractivity contribution >= 4 is 27.3 Å². The number of imidazole rings is 1. The van der Waals surface area contributed by atoms with Crippen LogP contribution in [-0.4, -0.2) is 84.2 Å². The first-order valence-electron chi connectivity index (χ1n) is 12.7. The molecular weight excluding hydrogens is 470 g/mol. The monoisotopic (exact) mass is 509 g/mol. The summed E-state index contributed by atoms with van der Waals surface area (Å²) in [4.78, 5) is 24.9. The Bertz CT molecular complexity index is 1140. The second kappa shape index (κ2) is 11.4. The van der Waals surface area contributed by atoms with Gasteiger partial charge in [-0.1, -0.05) is 56.0 Å². The van der Waals surface area contributed by atoms with Crippen molar-refractivity contribution in [1.29, 1.82) is 0 Å². The Hall–Kier alpha value is -2.91. The molecule has 1 aliphatic heterocycles. The minimum atomic E-state index is 0.0466. The maximum atomic E-state index is 13.0. The van der Waals surface area contributed by atoms with Gasteiger partial charge in [-0.05, 0) is 38.4 Å². The first-order valence-corrected chi connectivity index (χ1v) is 13.6. The molecule has 4 rings (SSSR count). The third kappa shape index (κ3) is 6.25. The van der Waals surface area contributed by atoms with Crippen LogP contribution in [0.2, 0.25) is 0 Å². The summed E-state index contributed by atoms with van der Waals surface area (Å²) in [5.41, 5.74) is 4.26. The molecule has 1 saturated heterocycles. The molecule has 194 valence electrons. The molecule has 3 heterocycles. The van der Waals surface area contributed by atoms with Gasteiger partial charge in [0.25, 0.3) is 0 Å². The summed E-state index contributed by atoms with van der Waals surface area (Å²) >= 11 is 1.61. The van der Waals surface area contributed by atoms with Crippen molar-refractivity contribution in [3.8, 4) is 11.3 Å². The van der Waals surface area contributed by atoms with E-state index in [1.807, 2.05) is 31.9 Å². The number of carbonyl (C=O) groups excluding carboxylic acids is 1. The van der Waals surface area contributed by atoms with Crippen LogP contribution in [0.25, 0.3) is 16.2 Å². The second-order valence-corrected chi connectivity index (χ2v) is 11.2. The summed E-state index contributed by atoms with van der Waals surface area (Å²) in [6.07, 6.45) is 3.67. The first kappa shape index (κ1) is 26.2. The molecule has 8 nitrogen and oxygen atoms in total. The lowest BCUT2D eigenvalue weighted by molar-refractivity contribution is -0.134. The minimum absolute atomic E-state index is 0.0466. The van der Waals surface area contributed by atoms with Crippen LogP contribution in [-0.2, 0) is 4.79 Å². The lowest BCUT2D eigenvalue weighted by Gasteiger charge is -2.33. The lowest BCUT2D eigenvalue weighted by Crippen LogP contribution is -2.42. The molecule has 0 unspecified atom stereocenters. The third-order valence-electron chi connectivity index (χ3n) is 6.76. The highest BCUT2D eigenvalue weighted by Gasteiger charge is 2.29. The maximum Gasteiger partial charge on any atom is 0.225 e. The van der Waals surface area contributed by atoms with E-state index in [1.165, 1.54) is 5.56 Å². The standard InChI is InChI=1S/C27H39N7OS/c1-19(2)21-7-9-22(10-8-21)24-18-34-26(29-24)36-27(30-34)33-14-11-23(12-15-33)25(35)32(6)17-20(3)28-13-16-31(4)5/h7-10,18-19,23,28H,3,11-17H2,1-2,4-6H3. The van der Waals surface area contributed by atoms with Gasteiger partial charge in [0.15, 0.2) is 0 Å². The Morgan fingerprint density at radius 3 is 2.50 bits per heavy atom. The summed E-state index contributed by atoms with van der Waals surface area (Å²) in [7, 11) is 5.96. The van der Waals surface area contributed by atoms with Crippen LogP contribution >= 0.6 is 11.3 Å². The van der Waals surface area contributed by atoms with Crippen LogP contribution < -0.4 is 10.2 Å². The zero-order chi connectivity index (χ0) is 25.8. The number of fused-ring (bicyclic) bond motifs is 1. The average molecular weight is 510 g/mol. The fraction of sp³-hybridized carbons (Fsp3) is 0.519. The summed E-state index contributed by atoms with van der Waals surface area (Å²) in [5.74, 6) is 0.765. The summed E-state index contributed by atoms with van der Waals surface area (Å²) in [6.45, 7) is 12.4. The molecule has 0 bridgehead atoms. The normalized spacial score (nSPS) is 14.7. The number of anilines is 1. The number of aromatic nitrogens is 3. The molecular formula is C27H39N7OS. The van der Waals surface area contributed by atoms with Gasteiger partial charge in [-0.3, -0.25) is 4.79 Å². The van der Waals surface area contributed by atoms with Crippen LogP contribution in [0.5, 0.6) is 0 Å². The molecule has 1 fully saturated rings. The van der Waals surface area contributed by atoms with Crippen LogP contribution in [0, 0.1) is 5.92 Å². The number of hydrogen-bond donors (Lipinski definition) is 1. The van der Waals surface area contributed by atoms with E-state index >= 15 is 0 Å². The summed E-state index contributed by atoms with van der Waals surface area (Å²) in [5, 5.41) is 9.07. The fourth-order valence-electron chi connectivity index (χ4n) is 4.50. The van der Waals surface area contributed by atoms with Crippen molar-refractivity contribution in [1.82, 2.24) is 29.7 Å². The summed E-state index contributed by atoms with van der Waals surface area (Å²) in [6, 6.07) is 8.62. The highest BCUT2D eigenvalue weighted by atomic mass is 32.1. The molecule has 0 saturated carbocycles. The van der Waals surface area contributed by atoms with Gasteiger partial charge in [-0.25, -0.2) is 9.50 Å². The average Bonchev–Trinajstić information content (AvgIpc) is 3.43. The number of hydrogen-bond acceptors (Lipinski definition) is 7. The Morgan fingerprint density at radius 1 is 1.19 bits per heavy atom. The molecule has 2 aromatic heterocycles. The number of nitrogens with one attached hydrogen (secondary N) is 1. The van der Waals surface area contributed by atoms with E-state index in [1.54, 1.807) is 16.2 Å². The fourth-order valence-corrected chi connectivity index (χ4v) is 5.44. The van der Waals surface area contributed by atoms with Crippen LogP contribution in [0.1, 0.15) is 38.2 Å². The zero-order valence-electron chi connectivity index (χ0n) is 22.2. The maximum absolute atomic E-state index is 13.0. The number of carbonyl (C=O) groups is 1. The van der Waals surface area contributed by atoms with E-state index in [9.17, 15) is 4.79 Å². The van der Waals surface area contributed by atoms with Gasteiger partial charge >= 0.3 is 0 Å². The molecule has 0 spiro atoms. The van der Waals surface area contributed by atoms with Crippen LogP contribution in [0.3, 0.4) is 0 Å². The Morgan fingerprint density at radius 2 is 1.89 bits per heavy atom. The molecule has 1 N–H and O–H groups in total. The molecule has 3 aromatic rings. The molecule has 1 aliphatic rings. The van der Waals surface area contributed by atoms with Gasteiger partial charge in [-0.2, -0.15) is 0 Å². The molecule has 1 aromatic carbocycles. The van der Waals surface area contributed by atoms with Crippen molar-refractivity contribution in [3.05, 3.63) is 48.3 Å². The zero-order valence-corrected chi connectivity index (χ0v) is 23.0. The number of nitrogens with zero attached hydrogens (tertiary/aromatic N) is 6. The Balaban J connectivity index is 1.29. The Labute approximate surface area is 218 Å². The molecule has 0 aliphatic carbocycles. The predicted molar refractivity (Wildman–Crippen MR) is 149 cm³/mol.